The summed E-state index contributed by atoms with van der Waals surface area (Å²) in [4.78, 5) is 22.8. The molecule has 32 heavy (non-hydrogen) atoms. The van der Waals surface area contributed by atoms with Gasteiger partial charge in [0.05, 0.1) is 21.3 Å². The second-order valence-corrected chi connectivity index (χ2v) is 9.04. The Bertz CT molecular complexity index is 1010. The molecule has 2 aromatic rings. The van der Waals surface area contributed by atoms with Crippen molar-refractivity contribution in [1.82, 2.24) is 9.88 Å². The smallest absolute Gasteiger partial charge is 0.367 e. The summed E-state index contributed by atoms with van der Waals surface area (Å²) in [7, 11) is 0. The minimum Gasteiger partial charge on any atom is -0.367 e. The predicted octanol–water partition coefficient (Wildman–Crippen LogP) is 5.38. The first-order chi connectivity index (χ1) is 15.1. The molecule has 3 heterocycles. The maximum atomic E-state index is 13.2. The summed E-state index contributed by atoms with van der Waals surface area (Å²) >= 11 is 18.4. The van der Waals surface area contributed by atoms with Crippen LogP contribution in [0, 0.1) is 0 Å². The van der Waals surface area contributed by atoms with Crippen LogP contribution in [0.1, 0.15) is 18.4 Å². The summed E-state index contributed by atoms with van der Waals surface area (Å²) in [6.45, 7) is 2.75. The molecule has 1 aromatic carbocycles. The van der Waals surface area contributed by atoms with E-state index in [1.165, 1.54) is 0 Å². The number of hydrogen-bond acceptors (Lipinski definition) is 4. The van der Waals surface area contributed by atoms with Gasteiger partial charge in [-0.1, -0.05) is 34.8 Å². The van der Waals surface area contributed by atoms with Crippen molar-refractivity contribution >= 4 is 52.2 Å². The van der Waals surface area contributed by atoms with Crippen molar-refractivity contribution in [3.8, 4) is 0 Å². The van der Waals surface area contributed by atoms with E-state index in [9.17, 15) is 18.0 Å². The van der Waals surface area contributed by atoms with Gasteiger partial charge in [0.15, 0.2) is 0 Å². The van der Waals surface area contributed by atoms with Gasteiger partial charge in [0, 0.05) is 43.9 Å². The van der Waals surface area contributed by atoms with E-state index < -0.39 is 17.8 Å². The summed E-state index contributed by atoms with van der Waals surface area (Å²) in [5, 5.41) is 1.01. The lowest BCUT2D eigenvalue weighted by atomic mass is 10.1. The van der Waals surface area contributed by atoms with Crippen LogP contribution in [0.25, 0.3) is 0 Å². The van der Waals surface area contributed by atoms with E-state index in [0.29, 0.717) is 49.2 Å². The van der Waals surface area contributed by atoms with Crippen molar-refractivity contribution in [2.24, 2.45) is 0 Å². The summed E-state index contributed by atoms with van der Waals surface area (Å²) in [6, 6.07) is 5.68. The molecule has 1 unspecified atom stereocenters. The molecule has 2 saturated heterocycles. The molecule has 1 atom stereocenters. The van der Waals surface area contributed by atoms with Gasteiger partial charge in [0.2, 0.25) is 5.91 Å². The highest BCUT2D eigenvalue weighted by Gasteiger charge is 2.38. The number of nitrogens with zero attached hydrogens (tertiary/aromatic N) is 4. The van der Waals surface area contributed by atoms with Crippen molar-refractivity contribution in [1.29, 1.82) is 0 Å². The molecule has 0 N–H and O–H groups in total. The molecule has 2 fully saturated rings. The number of halogens is 6. The molecule has 1 amide bonds. The number of rotatable bonds is 3. The fourth-order valence-corrected chi connectivity index (χ4v) is 4.99. The fraction of sp³-hybridized carbons (Fsp3) is 0.429. The average Bonchev–Trinajstić information content (AvgIpc) is 3.22. The van der Waals surface area contributed by atoms with Crippen molar-refractivity contribution in [2.45, 2.75) is 25.1 Å². The Morgan fingerprint density at radius 2 is 1.72 bits per heavy atom. The van der Waals surface area contributed by atoms with Crippen molar-refractivity contribution < 1.29 is 18.0 Å². The van der Waals surface area contributed by atoms with Gasteiger partial charge in [0.1, 0.15) is 11.9 Å². The molecular weight excluding hydrogens is 488 g/mol. The van der Waals surface area contributed by atoms with Gasteiger partial charge < -0.3 is 14.7 Å². The van der Waals surface area contributed by atoms with Crippen LogP contribution < -0.4 is 9.80 Å². The molecule has 4 rings (SSSR count). The molecule has 2 aliphatic heterocycles. The molecular formula is C21H20Cl3F3N4O. The monoisotopic (exact) mass is 506 g/mol. The minimum absolute atomic E-state index is 0.0675. The largest absolute Gasteiger partial charge is 0.417 e. The number of anilines is 2. The zero-order chi connectivity index (χ0) is 23.0. The number of pyridine rings is 1. The topological polar surface area (TPSA) is 39.7 Å². The summed E-state index contributed by atoms with van der Waals surface area (Å²) in [5.41, 5.74) is -0.0447. The van der Waals surface area contributed by atoms with E-state index in [0.717, 1.165) is 24.4 Å². The van der Waals surface area contributed by atoms with E-state index in [1.807, 2.05) is 6.07 Å². The lowest BCUT2D eigenvalue weighted by Crippen LogP contribution is -2.54. The van der Waals surface area contributed by atoms with Gasteiger partial charge >= 0.3 is 6.18 Å². The average molecular weight is 508 g/mol. The Balaban J connectivity index is 1.44. The van der Waals surface area contributed by atoms with Gasteiger partial charge in [0.25, 0.3) is 0 Å². The zero-order valence-electron chi connectivity index (χ0n) is 16.9. The number of piperazine rings is 1. The Morgan fingerprint density at radius 1 is 1.00 bits per heavy atom. The third-order valence-electron chi connectivity index (χ3n) is 5.80. The first kappa shape index (κ1) is 23.3. The molecule has 172 valence electrons. The number of benzene rings is 1. The number of hydrogen-bond donors (Lipinski definition) is 0. The first-order valence-corrected chi connectivity index (χ1v) is 11.3. The highest BCUT2D eigenvalue weighted by molar-refractivity contribution is 6.36. The van der Waals surface area contributed by atoms with Gasteiger partial charge in [-0.25, -0.2) is 4.98 Å². The second-order valence-electron chi connectivity index (χ2n) is 7.79. The van der Waals surface area contributed by atoms with Crippen molar-refractivity contribution in [2.75, 3.05) is 42.5 Å². The van der Waals surface area contributed by atoms with Crippen LogP contribution in [0.4, 0.5) is 24.7 Å². The van der Waals surface area contributed by atoms with Crippen LogP contribution in [0.3, 0.4) is 0 Å². The quantitative estimate of drug-likeness (QED) is 0.559. The summed E-state index contributed by atoms with van der Waals surface area (Å²) in [6.07, 6.45) is -2.44. The Labute approximate surface area is 198 Å². The standard InChI is InChI=1S/C21H20Cl3F3N4O/c22-14-3-4-17(15(23)11-14)29-6-8-30(9-7-29)20(32)18-2-1-5-31(18)19-16(24)10-13(12-28-19)21(25,26)27/h3-4,10-12,18H,1-2,5-9H2. The van der Waals surface area contributed by atoms with E-state index in [2.05, 4.69) is 9.88 Å². The van der Waals surface area contributed by atoms with E-state index in [1.54, 1.807) is 21.9 Å². The van der Waals surface area contributed by atoms with E-state index in [-0.39, 0.29) is 16.7 Å². The molecule has 1 aromatic heterocycles. The number of amides is 1. The lowest BCUT2D eigenvalue weighted by Gasteiger charge is -2.38. The second kappa shape index (κ2) is 9.15. The van der Waals surface area contributed by atoms with Gasteiger partial charge in [-0.05, 0) is 37.1 Å². The Kier molecular flexibility index (Phi) is 6.66. The lowest BCUT2D eigenvalue weighted by molar-refractivity contribution is -0.138. The van der Waals surface area contributed by atoms with Crippen LogP contribution >= 0.6 is 34.8 Å². The third-order valence-corrected chi connectivity index (χ3v) is 6.62. The Morgan fingerprint density at radius 3 is 2.34 bits per heavy atom. The zero-order valence-corrected chi connectivity index (χ0v) is 19.1. The molecule has 5 nitrogen and oxygen atoms in total. The van der Waals surface area contributed by atoms with Crippen LogP contribution in [0.15, 0.2) is 30.5 Å². The third kappa shape index (κ3) is 4.72. The highest BCUT2D eigenvalue weighted by Crippen LogP contribution is 2.36. The van der Waals surface area contributed by atoms with Crippen LogP contribution in [-0.4, -0.2) is 54.6 Å². The van der Waals surface area contributed by atoms with E-state index >= 15 is 0 Å². The SMILES string of the molecule is O=C(C1CCCN1c1ncc(C(F)(F)F)cc1Cl)N1CCN(c2ccc(Cl)cc2Cl)CC1. The normalized spacial score (nSPS) is 19.6. The number of alkyl halides is 3. The van der Waals surface area contributed by atoms with Gasteiger partial charge in [-0.15, -0.1) is 0 Å². The number of aromatic nitrogens is 1. The summed E-state index contributed by atoms with van der Waals surface area (Å²) in [5.74, 6) is 0.143. The minimum atomic E-state index is -4.53. The highest BCUT2D eigenvalue weighted by atomic mass is 35.5. The Hall–Kier alpha value is -1.90. The molecule has 0 radical (unpaired) electrons. The molecule has 0 bridgehead atoms. The van der Waals surface area contributed by atoms with E-state index in [4.69, 9.17) is 34.8 Å². The molecule has 0 saturated carbocycles. The van der Waals surface area contributed by atoms with Crippen molar-refractivity contribution in [3.63, 3.8) is 0 Å². The maximum Gasteiger partial charge on any atom is 0.417 e. The van der Waals surface area contributed by atoms with Crippen molar-refractivity contribution in [3.05, 3.63) is 51.1 Å². The van der Waals surface area contributed by atoms with Crippen LogP contribution in [0.2, 0.25) is 15.1 Å². The van der Waals surface area contributed by atoms with Crippen LogP contribution in [0.5, 0.6) is 0 Å². The van der Waals surface area contributed by atoms with Gasteiger partial charge in [-0.2, -0.15) is 13.2 Å². The molecule has 2 aliphatic rings. The molecule has 11 heteroatoms. The summed E-state index contributed by atoms with van der Waals surface area (Å²) < 4.78 is 38.8. The number of carbonyl (C=O) groups is 1. The predicted molar refractivity (Wildman–Crippen MR) is 120 cm³/mol. The maximum absolute atomic E-state index is 13.2. The van der Waals surface area contributed by atoms with Gasteiger partial charge in [-0.3, -0.25) is 4.79 Å². The fourth-order valence-electron chi connectivity index (χ4n) is 4.19. The van der Waals surface area contributed by atoms with Crippen LogP contribution in [-0.2, 0) is 11.0 Å². The molecule has 0 spiro atoms. The number of carbonyl (C=O) groups excluding carboxylic acids is 1. The molecule has 0 aliphatic carbocycles. The first-order valence-electron chi connectivity index (χ1n) is 10.1.